The number of aliphatic hydroxyl groups is 1. The van der Waals surface area contributed by atoms with Crippen molar-refractivity contribution in [1.82, 2.24) is 29.7 Å². The van der Waals surface area contributed by atoms with Crippen LogP contribution in [0.4, 0.5) is 5.82 Å². The summed E-state index contributed by atoms with van der Waals surface area (Å²) in [5.41, 5.74) is 7.50. The molecule has 4 rings (SSSR count). The molecule has 13 nitrogen and oxygen atoms in total. The summed E-state index contributed by atoms with van der Waals surface area (Å²) in [5, 5.41) is 16.8. The van der Waals surface area contributed by atoms with Crippen LogP contribution in [0.2, 0.25) is 5.02 Å². The Kier molecular flexibility index (Phi) is 7.54. The number of carbonyl (C=O) groups is 2. The van der Waals surface area contributed by atoms with Crippen LogP contribution in [0.3, 0.4) is 0 Å². The highest BCUT2D eigenvalue weighted by Crippen LogP contribution is 2.32. The van der Waals surface area contributed by atoms with Crippen molar-refractivity contribution in [1.29, 1.82) is 0 Å². The maximum atomic E-state index is 12.1. The van der Waals surface area contributed by atoms with E-state index in [-0.39, 0.29) is 19.1 Å². The molecule has 0 radical (unpaired) electrons. The van der Waals surface area contributed by atoms with Crippen molar-refractivity contribution >= 4 is 40.4 Å². The third-order valence-corrected chi connectivity index (χ3v) is 6.01. The van der Waals surface area contributed by atoms with Gasteiger partial charge in [-0.15, -0.1) is 0 Å². The number of halogens is 1. The first-order chi connectivity index (χ1) is 17.2. The number of hydrogen-bond acceptors (Lipinski definition) is 10. The summed E-state index contributed by atoms with van der Waals surface area (Å²) in [6.07, 6.45) is -0.360. The van der Waals surface area contributed by atoms with E-state index in [0.717, 1.165) is 0 Å². The van der Waals surface area contributed by atoms with Gasteiger partial charge >= 0.3 is 0 Å². The monoisotopic (exact) mass is 518 g/mol. The van der Waals surface area contributed by atoms with Gasteiger partial charge in [0.1, 0.15) is 18.2 Å². The molecular weight excluding hydrogens is 492 g/mol. The van der Waals surface area contributed by atoms with E-state index in [9.17, 15) is 14.7 Å². The Bertz CT molecular complexity index is 1270. The van der Waals surface area contributed by atoms with Crippen molar-refractivity contribution in [3.05, 3.63) is 41.4 Å². The zero-order chi connectivity index (χ0) is 26.0. The lowest BCUT2D eigenvalue weighted by molar-refractivity contribution is -0.134. The fraction of sp³-hybridized carbons (Fsp3) is 0.409. The van der Waals surface area contributed by atoms with Gasteiger partial charge in [0.2, 0.25) is 0 Å². The van der Waals surface area contributed by atoms with Gasteiger partial charge in [-0.1, -0.05) is 11.6 Å². The Morgan fingerprint density at radius 3 is 2.81 bits per heavy atom. The van der Waals surface area contributed by atoms with Gasteiger partial charge in [-0.2, -0.15) is 0 Å². The summed E-state index contributed by atoms with van der Waals surface area (Å²) >= 11 is 6.18. The lowest BCUT2D eigenvalue weighted by atomic mass is 10.1. The second-order valence-electron chi connectivity index (χ2n) is 8.36. The van der Waals surface area contributed by atoms with Gasteiger partial charge in [-0.05, 0) is 18.2 Å². The number of likely N-dealkylation sites (N-methyl/N-ethyl adjacent to an activating group) is 2. The molecule has 5 N–H and O–H groups in total. The predicted octanol–water partition coefficient (Wildman–Crippen LogP) is -0.110. The van der Waals surface area contributed by atoms with Crippen molar-refractivity contribution < 1.29 is 24.2 Å². The van der Waals surface area contributed by atoms with Gasteiger partial charge in [-0.25, -0.2) is 15.0 Å². The van der Waals surface area contributed by atoms with Crippen LogP contribution >= 0.6 is 11.6 Å². The molecule has 0 unspecified atom stereocenters. The molecule has 192 valence electrons. The first kappa shape index (κ1) is 25.6. The minimum Gasteiger partial charge on any atom is -0.483 e. The lowest BCUT2D eigenvalue weighted by Crippen LogP contribution is -2.46. The summed E-state index contributed by atoms with van der Waals surface area (Å²) in [6.45, 7) is 0.143. The van der Waals surface area contributed by atoms with Crippen LogP contribution in [-0.2, 0) is 20.9 Å². The Balaban J connectivity index is 1.55. The van der Waals surface area contributed by atoms with Crippen molar-refractivity contribution in [2.45, 2.75) is 31.0 Å². The minimum absolute atomic E-state index is 0.118. The number of nitrogens with two attached hydrogens (primary N) is 1. The lowest BCUT2D eigenvalue weighted by Gasteiger charge is -2.17. The summed E-state index contributed by atoms with van der Waals surface area (Å²) in [4.78, 5) is 38.4. The Labute approximate surface area is 211 Å². The minimum atomic E-state index is -1.16. The number of nitrogens with zero attached hydrogens (tertiary/aromatic N) is 5. The van der Waals surface area contributed by atoms with Crippen molar-refractivity contribution in [2.75, 3.05) is 33.1 Å². The molecule has 1 aliphatic rings. The third-order valence-electron chi connectivity index (χ3n) is 5.78. The van der Waals surface area contributed by atoms with Crippen molar-refractivity contribution in [3.8, 4) is 5.75 Å². The number of ether oxygens (including phenoxy) is 2. The van der Waals surface area contributed by atoms with Gasteiger partial charge in [0.15, 0.2) is 35.9 Å². The fourth-order valence-electron chi connectivity index (χ4n) is 3.74. The maximum Gasteiger partial charge on any atom is 0.259 e. The van der Waals surface area contributed by atoms with Crippen LogP contribution in [0.25, 0.3) is 11.2 Å². The van der Waals surface area contributed by atoms with Gasteiger partial charge < -0.3 is 35.8 Å². The predicted molar refractivity (Wildman–Crippen MR) is 130 cm³/mol. The van der Waals surface area contributed by atoms with E-state index in [1.54, 1.807) is 32.3 Å². The van der Waals surface area contributed by atoms with Gasteiger partial charge in [0.05, 0.1) is 12.4 Å². The molecule has 14 heteroatoms. The molecule has 3 aromatic rings. The van der Waals surface area contributed by atoms with Crippen LogP contribution in [0.1, 0.15) is 11.8 Å². The molecule has 1 aliphatic heterocycles. The summed E-state index contributed by atoms with van der Waals surface area (Å²) in [7, 11) is 4.77. The zero-order valence-electron chi connectivity index (χ0n) is 19.9. The molecule has 0 saturated carbocycles. The molecule has 3 heterocycles. The van der Waals surface area contributed by atoms with E-state index >= 15 is 0 Å². The highest BCUT2D eigenvalue weighted by Gasteiger charge is 2.46. The second-order valence-corrected chi connectivity index (χ2v) is 8.79. The number of carbonyl (C=O) groups excluding carboxylic acids is 2. The first-order valence-corrected chi connectivity index (χ1v) is 11.4. The van der Waals surface area contributed by atoms with E-state index in [0.29, 0.717) is 33.3 Å². The van der Waals surface area contributed by atoms with Gasteiger partial charge in [-0.3, -0.25) is 14.2 Å². The number of benzene rings is 1. The second kappa shape index (κ2) is 10.6. The van der Waals surface area contributed by atoms with Crippen LogP contribution in [0.15, 0.2) is 30.9 Å². The summed E-state index contributed by atoms with van der Waals surface area (Å²) in [6, 6.07) is 4.17. The van der Waals surface area contributed by atoms with E-state index < -0.39 is 30.4 Å². The smallest absolute Gasteiger partial charge is 0.259 e. The van der Waals surface area contributed by atoms with Gasteiger partial charge in [0.25, 0.3) is 11.8 Å². The quantitative estimate of drug-likeness (QED) is 0.315. The molecule has 0 bridgehead atoms. The molecule has 2 aromatic heterocycles. The molecular formula is C22H27ClN8O5. The third kappa shape index (κ3) is 5.04. The van der Waals surface area contributed by atoms with E-state index in [4.69, 9.17) is 26.8 Å². The Morgan fingerprint density at radius 2 is 2.08 bits per heavy atom. The fourth-order valence-corrected chi connectivity index (χ4v) is 3.94. The number of fused-ring (bicyclic) bond motifs is 1. The number of aliphatic hydroxyl groups excluding tert-OH is 1. The summed E-state index contributed by atoms with van der Waals surface area (Å²) < 4.78 is 12.9. The number of rotatable bonds is 8. The van der Waals surface area contributed by atoms with E-state index in [2.05, 4.69) is 25.6 Å². The molecule has 0 spiro atoms. The van der Waals surface area contributed by atoms with Crippen molar-refractivity contribution in [3.63, 3.8) is 0 Å². The molecule has 2 amide bonds. The normalized spacial score (nSPS) is 21.4. The molecule has 1 aromatic carbocycles. The molecule has 4 atom stereocenters. The zero-order valence-corrected chi connectivity index (χ0v) is 20.6. The molecule has 36 heavy (non-hydrogen) atoms. The van der Waals surface area contributed by atoms with E-state index in [1.165, 1.54) is 29.2 Å². The molecule has 0 aliphatic carbocycles. The van der Waals surface area contributed by atoms with Crippen LogP contribution in [0, 0.1) is 0 Å². The average molecular weight is 519 g/mol. The number of nitrogens with one attached hydrogen (secondary N) is 2. The topological polar surface area (TPSA) is 170 Å². The van der Waals surface area contributed by atoms with Crippen LogP contribution < -0.4 is 21.1 Å². The number of anilines is 1. The van der Waals surface area contributed by atoms with Crippen LogP contribution in [-0.4, -0.2) is 87.3 Å². The SMILES string of the molecule is CNC(=O)[C@H]1O[C@@H](n2cnc3c(NCc4cc(Cl)ccc4OCC(=O)N(C)C)ncnc32)[C@H](O)[C@@H]1N. The maximum absolute atomic E-state index is 12.1. The standard InChI is InChI=1S/C22H27ClN8O5/c1-25-21(34)18-15(24)17(33)22(36-18)31-10-29-16-19(27-9-28-20(16)31)26-7-11-6-12(23)4-5-13(11)35-8-14(32)30(2)3/h4-6,9-10,15,17-18,22,33H,7-8,24H2,1-3H3,(H,25,34)(H,26,27,28)/t15-,17+,18-,22+/m0/s1. The highest BCUT2D eigenvalue weighted by atomic mass is 35.5. The number of imidazole rings is 1. The number of amides is 2. The molecule has 1 saturated heterocycles. The average Bonchev–Trinajstić information content (AvgIpc) is 3.42. The number of aromatic nitrogens is 4. The molecule has 1 fully saturated rings. The van der Waals surface area contributed by atoms with Crippen molar-refractivity contribution in [2.24, 2.45) is 5.73 Å². The summed E-state index contributed by atoms with van der Waals surface area (Å²) in [5.74, 6) is 0.294. The van der Waals surface area contributed by atoms with Crippen LogP contribution in [0.5, 0.6) is 5.75 Å². The number of hydrogen-bond donors (Lipinski definition) is 4. The van der Waals surface area contributed by atoms with Gasteiger partial charge in [0, 0.05) is 38.3 Å². The highest BCUT2D eigenvalue weighted by molar-refractivity contribution is 6.30. The van der Waals surface area contributed by atoms with E-state index in [1.807, 2.05) is 0 Å². The Hall–Kier alpha value is -3.52. The first-order valence-electron chi connectivity index (χ1n) is 11.0. The Morgan fingerprint density at radius 1 is 1.31 bits per heavy atom. The largest absolute Gasteiger partial charge is 0.483 e.